The molecule has 0 aliphatic carbocycles. The lowest BCUT2D eigenvalue weighted by molar-refractivity contribution is 0.321. The van der Waals surface area contributed by atoms with E-state index in [2.05, 4.69) is 12.0 Å². The van der Waals surface area contributed by atoms with Gasteiger partial charge in [0.05, 0.1) is 23.7 Å². The van der Waals surface area contributed by atoms with Crippen molar-refractivity contribution in [2.24, 2.45) is 0 Å². The van der Waals surface area contributed by atoms with E-state index >= 15 is 0 Å². The third-order valence-corrected chi connectivity index (χ3v) is 3.40. The third kappa shape index (κ3) is 2.35. The van der Waals surface area contributed by atoms with E-state index in [1.807, 2.05) is 20.8 Å². The minimum absolute atomic E-state index is 0.197. The fourth-order valence-electron chi connectivity index (χ4n) is 2.43. The van der Waals surface area contributed by atoms with E-state index < -0.39 is 5.82 Å². The highest BCUT2D eigenvalue weighted by molar-refractivity contribution is 5.61. The number of hydrogen-bond acceptors (Lipinski definition) is 3. The highest BCUT2D eigenvalue weighted by Crippen LogP contribution is 2.29. The number of nitrogens with zero attached hydrogens (tertiary/aromatic N) is 2. The van der Waals surface area contributed by atoms with E-state index in [9.17, 15) is 4.39 Å². The van der Waals surface area contributed by atoms with Crippen LogP contribution in [0.25, 0.3) is 5.69 Å². The molecule has 0 aliphatic rings. The lowest BCUT2D eigenvalue weighted by atomic mass is 10.1. The first-order valence-corrected chi connectivity index (χ1v) is 6.76. The van der Waals surface area contributed by atoms with Gasteiger partial charge in [-0.1, -0.05) is 6.92 Å². The Hall–Kier alpha value is -2.04. The smallest absolute Gasteiger partial charge is 0.167 e. The Kier molecular flexibility index (Phi) is 3.97. The van der Waals surface area contributed by atoms with Crippen LogP contribution in [0, 0.1) is 19.7 Å². The second-order valence-electron chi connectivity index (χ2n) is 4.69. The molecule has 0 amide bonds. The molecule has 0 bridgehead atoms. The summed E-state index contributed by atoms with van der Waals surface area (Å²) in [7, 11) is 0. The van der Waals surface area contributed by atoms with Crippen molar-refractivity contribution in [2.45, 2.75) is 34.1 Å². The van der Waals surface area contributed by atoms with Crippen LogP contribution in [0.15, 0.2) is 12.1 Å². The minimum atomic E-state index is -0.453. The predicted octanol–water partition coefficient (Wildman–Crippen LogP) is 3.17. The fourth-order valence-corrected chi connectivity index (χ4v) is 2.43. The van der Waals surface area contributed by atoms with Crippen molar-refractivity contribution in [3.05, 3.63) is 34.9 Å². The van der Waals surface area contributed by atoms with Gasteiger partial charge in [-0.15, -0.1) is 0 Å². The number of anilines is 1. The summed E-state index contributed by atoms with van der Waals surface area (Å²) >= 11 is 0. The first kappa shape index (κ1) is 14.4. The number of aromatic nitrogens is 2. The van der Waals surface area contributed by atoms with Gasteiger partial charge in [0.1, 0.15) is 0 Å². The quantitative estimate of drug-likeness (QED) is 0.873. The monoisotopic (exact) mass is 277 g/mol. The number of benzene rings is 1. The highest BCUT2D eigenvalue weighted by atomic mass is 19.1. The van der Waals surface area contributed by atoms with Gasteiger partial charge in [-0.2, -0.15) is 5.10 Å². The van der Waals surface area contributed by atoms with Crippen LogP contribution in [-0.4, -0.2) is 16.4 Å². The predicted molar refractivity (Wildman–Crippen MR) is 78.0 cm³/mol. The molecule has 0 atom stereocenters. The maximum absolute atomic E-state index is 13.7. The Morgan fingerprint density at radius 3 is 2.55 bits per heavy atom. The number of halogens is 1. The molecule has 20 heavy (non-hydrogen) atoms. The average Bonchev–Trinajstić information content (AvgIpc) is 2.68. The molecule has 0 radical (unpaired) electrons. The summed E-state index contributed by atoms with van der Waals surface area (Å²) in [5, 5.41) is 4.50. The molecule has 1 aromatic carbocycles. The fraction of sp³-hybridized carbons (Fsp3) is 0.400. The van der Waals surface area contributed by atoms with Crippen molar-refractivity contribution in [1.82, 2.24) is 9.78 Å². The zero-order valence-electron chi connectivity index (χ0n) is 12.3. The lowest BCUT2D eigenvalue weighted by Gasteiger charge is -2.12. The summed E-state index contributed by atoms with van der Waals surface area (Å²) in [6.07, 6.45) is 0.900. The second kappa shape index (κ2) is 5.53. The van der Waals surface area contributed by atoms with Crippen LogP contribution in [0.3, 0.4) is 0 Å². The molecule has 0 spiro atoms. The Labute approximate surface area is 118 Å². The van der Waals surface area contributed by atoms with Crippen molar-refractivity contribution in [2.75, 3.05) is 12.3 Å². The number of rotatable bonds is 4. The first-order valence-electron chi connectivity index (χ1n) is 6.76. The van der Waals surface area contributed by atoms with Crippen LogP contribution in [-0.2, 0) is 6.42 Å². The van der Waals surface area contributed by atoms with Gasteiger partial charge in [0.2, 0.25) is 0 Å². The molecule has 1 aromatic heterocycles. The molecule has 0 unspecified atom stereocenters. The normalized spacial score (nSPS) is 10.8. The van der Waals surface area contributed by atoms with E-state index in [1.54, 1.807) is 10.7 Å². The van der Waals surface area contributed by atoms with Gasteiger partial charge in [-0.3, -0.25) is 0 Å². The summed E-state index contributed by atoms with van der Waals surface area (Å²) in [6, 6.07) is 2.88. The summed E-state index contributed by atoms with van der Waals surface area (Å²) in [5.41, 5.74) is 10.1. The van der Waals surface area contributed by atoms with Crippen molar-refractivity contribution in [3.8, 4) is 11.4 Å². The topological polar surface area (TPSA) is 53.1 Å². The van der Waals surface area contributed by atoms with Crippen LogP contribution in [0.4, 0.5) is 10.1 Å². The molecule has 5 heteroatoms. The van der Waals surface area contributed by atoms with E-state index in [-0.39, 0.29) is 5.75 Å². The van der Waals surface area contributed by atoms with Crippen molar-refractivity contribution < 1.29 is 9.13 Å². The second-order valence-corrected chi connectivity index (χ2v) is 4.69. The highest BCUT2D eigenvalue weighted by Gasteiger charge is 2.16. The van der Waals surface area contributed by atoms with Gasteiger partial charge in [0, 0.05) is 17.8 Å². The van der Waals surface area contributed by atoms with Gasteiger partial charge in [-0.25, -0.2) is 9.07 Å². The van der Waals surface area contributed by atoms with E-state index in [0.29, 0.717) is 18.0 Å². The average molecular weight is 277 g/mol. The Morgan fingerprint density at radius 2 is 2.00 bits per heavy atom. The zero-order valence-corrected chi connectivity index (χ0v) is 12.3. The Bertz CT molecular complexity index is 635. The Morgan fingerprint density at radius 1 is 1.30 bits per heavy atom. The summed E-state index contributed by atoms with van der Waals surface area (Å²) in [4.78, 5) is 0. The zero-order chi connectivity index (χ0) is 14.9. The van der Waals surface area contributed by atoms with Gasteiger partial charge >= 0.3 is 0 Å². The summed E-state index contributed by atoms with van der Waals surface area (Å²) < 4.78 is 20.8. The molecular weight excluding hydrogens is 257 g/mol. The molecule has 2 aromatic rings. The van der Waals surface area contributed by atoms with Crippen molar-refractivity contribution >= 4 is 5.69 Å². The van der Waals surface area contributed by atoms with Crippen molar-refractivity contribution in [1.29, 1.82) is 0 Å². The molecule has 2 N–H and O–H groups in total. The maximum atomic E-state index is 13.7. The molecule has 0 saturated heterocycles. The minimum Gasteiger partial charge on any atom is -0.491 e. The number of ether oxygens (including phenoxy) is 1. The molecule has 0 saturated carbocycles. The number of aryl methyl sites for hydroxylation is 1. The molecule has 108 valence electrons. The van der Waals surface area contributed by atoms with Gasteiger partial charge in [-0.05, 0) is 32.8 Å². The van der Waals surface area contributed by atoms with E-state index in [1.165, 1.54) is 11.6 Å². The Balaban J connectivity index is 2.60. The van der Waals surface area contributed by atoms with Gasteiger partial charge in [0.25, 0.3) is 0 Å². The van der Waals surface area contributed by atoms with Gasteiger partial charge in [0.15, 0.2) is 11.6 Å². The molecule has 4 nitrogen and oxygen atoms in total. The van der Waals surface area contributed by atoms with Gasteiger partial charge < -0.3 is 10.5 Å². The molecular formula is C15H20FN3O. The SMILES string of the molecule is CCOc1cc(-n2nc(C)c(CC)c2C)c(N)cc1F. The lowest BCUT2D eigenvalue weighted by Crippen LogP contribution is -2.06. The number of hydrogen-bond donors (Lipinski definition) is 1. The maximum Gasteiger partial charge on any atom is 0.167 e. The standard InChI is InChI=1S/C15H20FN3O/c1-5-11-9(3)18-19(10(11)4)14-8-15(20-6-2)12(16)7-13(14)17/h7-8H,5-6,17H2,1-4H3. The molecule has 2 rings (SSSR count). The first-order chi connectivity index (χ1) is 9.49. The molecule has 0 aliphatic heterocycles. The molecule has 1 heterocycles. The summed E-state index contributed by atoms with van der Waals surface area (Å²) in [5.74, 6) is -0.257. The number of nitrogens with two attached hydrogens (primary N) is 1. The third-order valence-electron chi connectivity index (χ3n) is 3.40. The van der Waals surface area contributed by atoms with Crippen LogP contribution >= 0.6 is 0 Å². The largest absolute Gasteiger partial charge is 0.491 e. The van der Waals surface area contributed by atoms with E-state index in [4.69, 9.17) is 10.5 Å². The molecule has 0 fully saturated rings. The van der Waals surface area contributed by atoms with Crippen molar-refractivity contribution in [3.63, 3.8) is 0 Å². The van der Waals surface area contributed by atoms with E-state index in [0.717, 1.165) is 17.8 Å². The van der Waals surface area contributed by atoms with Crippen LogP contribution in [0.1, 0.15) is 30.8 Å². The van der Waals surface area contributed by atoms with Crippen LogP contribution < -0.4 is 10.5 Å². The van der Waals surface area contributed by atoms with Crippen LogP contribution in [0.5, 0.6) is 5.75 Å². The number of nitrogen functional groups attached to an aromatic ring is 1. The van der Waals surface area contributed by atoms with Crippen LogP contribution in [0.2, 0.25) is 0 Å². The summed E-state index contributed by atoms with van der Waals surface area (Å²) in [6.45, 7) is 8.25.